The van der Waals surface area contributed by atoms with Crippen molar-refractivity contribution < 1.29 is 14.6 Å². The van der Waals surface area contributed by atoms with Gasteiger partial charge in [-0.3, -0.25) is 4.79 Å². The quantitative estimate of drug-likeness (QED) is 0.760. The van der Waals surface area contributed by atoms with E-state index in [0.29, 0.717) is 25.4 Å². The highest BCUT2D eigenvalue weighted by atomic mass is 79.9. The number of carboxylic acid groups (broad SMARTS) is 1. The zero-order valence-corrected chi connectivity index (χ0v) is 13.7. The van der Waals surface area contributed by atoms with Crippen molar-refractivity contribution in [3.63, 3.8) is 0 Å². The molecule has 0 aliphatic rings. The second-order valence-electron chi connectivity index (χ2n) is 5.25. The molecule has 0 aromatic heterocycles. The Bertz CT molecular complexity index is 449. The van der Waals surface area contributed by atoms with Gasteiger partial charge in [-0.25, -0.2) is 0 Å². The molecule has 0 aliphatic heterocycles. The minimum Gasteiger partial charge on any atom is -0.496 e. The van der Waals surface area contributed by atoms with Crippen LogP contribution in [0.4, 0.5) is 0 Å². The van der Waals surface area contributed by atoms with Gasteiger partial charge in [0.2, 0.25) is 0 Å². The number of hydrogen-bond donors (Lipinski definition) is 2. The zero-order chi connectivity index (χ0) is 15.1. The summed E-state index contributed by atoms with van der Waals surface area (Å²) in [5.74, 6) is 0.0790. The monoisotopic (exact) mass is 343 g/mol. The van der Waals surface area contributed by atoms with Crippen LogP contribution in [0, 0.1) is 11.8 Å². The van der Waals surface area contributed by atoms with Gasteiger partial charge in [0.25, 0.3) is 0 Å². The van der Waals surface area contributed by atoms with Crippen LogP contribution in [0.2, 0.25) is 0 Å². The van der Waals surface area contributed by atoms with Crippen LogP contribution in [-0.2, 0) is 11.3 Å². The van der Waals surface area contributed by atoms with Crippen LogP contribution in [0.15, 0.2) is 22.7 Å². The van der Waals surface area contributed by atoms with E-state index in [2.05, 4.69) is 21.2 Å². The van der Waals surface area contributed by atoms with E-state index in [1.807, 2.05) is 32.0 Å². The molecule has 2 N–H and O–H groups in total. The molecule has 1 rings (SSSR count). The summed E-state index contributed by atoms with van der Waals surface area (Å²) in [6.07, 6.45) is 0.679. The van der Waals surface area contributed by atoms with E-state index in [-0.39, 0.29) is 5.92 Å². The molecule has 0 spiro atoms. The molecule has 1 unspecified atom stereocenters. The highest BCUT2D eigenvalue weighted by molar-refractivity contribution is 9.10. The maximum atomic E-state index is 11.2. The molecule has 0 fully saturated rings. The molecule has 4 nitrogen and oxygen atoms in total. The maximum absolute atomic E-state index is 11.2. The Kier molecular flexibility index (Phi) is 7.02. The van der Waals surface area contributed by atoms with Gasteiger partial charge < -0.3 is 15.2 Å². The lowest BCUT2D eigenvalue weighted by Gasteiger charge is -2.16. The summed E-state index contributed by atoms with van der Waals surface area (Å²) in [4.78, 5) is 11.2. The molecule has 0 saturated heterocycles. The Morgan fingerprint density at radius 2 is 2.15 bits per heavy atom. The summed E-state index contributed by atoms with van der Waals surface area (Å²) in [5.41, 5.74) is 1.01. The van der Waals surface area contributed by atoms with Crippen LogP contribution in [0.5, 0.6) is 5.75 Å². The summed E-state index contributed by atoms with van der Waals surface area (Å²) in [6.45, 7) is 5.12. The number of rotatable bonds is 8. The van der Waals surface area contributed by atoms with Crippen molar-refractivity contribution in [3.05, 3.63) is 28.2 Å². The van der Waals surface area contributed by atoms with E-state index in [0.717, 1.165) is 15.8 Å². The van der Waals surface area contributed by atoms with Crippen LogP contribution >= 0.6 is 15.9 Å². The molecule has 1 aromatic rings. The second-order valence-corrected chi connectivity index (χ2v) is 6.17. The third kappa shape index (κ3) is 5.51. The van der Waals surface area contributed by atoms with Gasteiger partial charge in [0.1, 0.15) is 5.75 Å². The number of methoxy groups -OCH3 is 1. The number of nitrogens with one attached hydrogen (secondary N) is 1. The Morgan fingerprint density at radius 3 is 2.70 bits per heavy atom. The fraction of sp³-hybridized carbons (Fsp3) is 0.533. The summed E-state index contributed by atoms with van der Waals surface area (Å²) in [5, 5.41) is 12.4. The molecular weight excluding hydrogens is 322 g/mol. The SMILES string of the molecule is COc1ccc(Br)cc1CNCC(CC(C)C)C(=O)O. The summed E-state index contributed by atoms with van der Waals surface area (Å²) < 4.78 is 6.27. The zero-order valence-electron chi connectivity index (χ0n) is 12.1. The molecule has 0 radical (unpaired) electrons. The normalized spacial score (nSPS) is 12.4. The molecule has 0 heterocycles. The number of halogens is 1. The van der Waals surface area contributed by atoms with Crippen LogP contribution in [0.1, 0.15) is 25.8 Å². The van der Waals surface area contributed by atoms with Crippen molar-refractivity contribution in [2.75, 3.05) is 13.7 Å². The standard InChI is InChI=1S/C15H22BrNO3/c1-10(2)6-12(15(18)19)9-17-8-11-7-13(16)4-5-14(11)20-3/h4-5,7,10,12,17H,6,8-9H2,1-3H3,(H,18,19). The molecule has 0 saturated carbocycles. The van der Waals surface area contributed by atoms with E-state index in [1.165, 1.54) is 0 Å². The predicted molar refractivity (Wildman–Crippen MR) is 83.0 cm³/mol. The van der Waals surface area contributed by atoms with Crippen molar-refractivity contribution in [2.45, 2.75) is 26.8 Å². The van der Waals surface area contributed by atoms with Gasteiger partial charge in [-0.05, 0) is 30.5 Å². The van der Waals surface area contributed by atoms with Gasteiger partial charge in [0.15, 0.2) is 0 Å². The molecule has 112 valence electrons. The van der Waals surface area contributed by atoms with Gasteiger partial charge in [0, 0.05) is 23.1 Å². The van der Waals surface area contributed by atoms with Gasteiger partial charge in [-0.2, -0.15) is 0 Å². The molecule has 1 aromatic carbocycles. The number of carboxylic acids is 1. The van der Waals surface area contributed by atoms with E-state index >= 15 is 0 Å². The van der Waals surface area contributed by atoms with Crippen LogP contribution < -0.4 is 10.1 Å². The highest BCUT2D eigenvalue weighted by Gasteiger charge is 2.18. The van der Waals surface area contributed by atoms with Crippen LogP contribution in [0.25, 0.3) is 0 Å². The fourth-order valence-electron chi connectivity index (χ4n) is 2.11. The molecule has 1 atom stereocenters. The Morgan fingerprint density at radius 1 is 1.45 bits per heavy atom. The number of ether oxygens (including phenoxy) is 1. The lowest BCUT2D eigenvalue weighted by atomic mass is 9.97. The third-order valence-corrected chi connectivity index (χ3v) is 3.55. The van der Waals surface area contributed by atoms with E-state index in [1.54, 1.807) is 7.11 Å². The molecule has 0 bridgehead atoms. The number of hydrogen-bond acceptors (Lipinski definition) is 3. The first kappa shape index (κ1) is 17.0. The summed E-state index contributed by atoms with van der Waals surface area (Å²) in [6, 6.07) is 5.79. The topological polar surface area (TPSA) is 58.6 Å². The van der Waals surface area contributed by atoms with E-state index in [4.69, 9.17) is 4.74 Å². The van der Waals surface area contributed by atoms with Gasteiger partial charge >= 0.3 is 5.97 Å². The molecule has 20 heavy (non-hydrogen) atoms. The average molecular weight is 344 g/mol. The summed E-state index contributed by atoms with van der Waals surface area (Å²) in [7, 11) is 1.63. The average Bonchev–Trinajstić information content (AvgIpc) is 2.37. The van der Waals surface area contributed by atoms with Crippen LogP contribution in [-0.4, -0.2) is 24.7 Å². The Labute approximate surface area is 128 Å². The lowest BCUT2D eigenvalue weighted by molar-refractivity contribution is -0.142. The highest BCUT2D eigenvalue weighted by Crippen LogP contribution is 2.22. The summed E-state index contributed by atoms with van der Waals surface area (Å²) >= 11 is 3.42. The van der Waals surface area contributed by atoms with E-state index in [9.17, 15) is 9.90 Å². The van der Waals surface area contributed by atoms with Gasteiger partial charge in [0.05, 0.1) is 13.0 Å². The predicted octanol–water partition coefficient (Wildman–Crippen LogP) is 3.29. The van der Waals surface area contributed by atoms with Gasteiger partial charge in [-0.1, -0.05) is 29.8 Å². The first-order valence-electron chi connectivity index (χ1n) is 6.70. The van der Waals surface area contributed by atoms with Crippen LogP contribution in [0.3, 0.4) is 0 Å². The maximum Gasteiger partial charge on any atom is 0.307 e. The minimum atomic E-state index is -0.743. The molecular formula is C15H22BrNO3. The lowest BCUT2D eigenvalue weighted by Crippen LogP contribution is -2.29. The van der Waals surface area contributed by atoms with Crippen molar-refractivity contribution in [2.24, 2.45) is 11.8 Å². The Balaban J connectivity index is 2.58. The van der Waals surface area contributed by atoms with Crippen molar-refractivity contribution in [3.8, 4) is 5.75 Å². The number of aliphatic carboxylic acids is 1. The smallest absolute Gasteiger partial charge is 0.307 e. The fourth-order valence-corrected chi connectivity index (χ4v) is 2.52. The largest absolute Gasteiger partial charge is 0.496 e. The third-order valence-electron chi connectivity index (χ3n) is 3.05. The van der Waals surface area contributed by atoms with Crippen molar-refractivity contribution in [1.29, 1.82) is 0 Å². The minimum absolute atomic E-state index is 0.354. The second kappa shape index (κ2) is 8.27. The number of benzene rings is 1. The molecule has 0 aliphatic carbocycles. The first-order chi connectivity index (χ1) is 9.43. The van der Waals surface area contributed by atoms with Crippen molar-refractivity contribution in [1.82, 2.24) is 5.32 Å². The van der Waals surface area contributed by atoms with Gasteiger partial charge in [-0.15, -0.1) is 0 Å². The number of carbonyl (C=O) groups is 1. The molecule has 0 amide bonds. The van der Waals surface area contributed by atoms with Crippen molar-refractivity contribution >= 4 is 21.9 Å². The first-order valence-corrected chi connectivity index (χ1v) is 7.49. The van der Waals surface area contributed by atoms with E-state index < -0.39 is 5.97 Å². The molecule has 5 heteroatoms. The Hall–Kier alpha value is -1.07.